The molecular weight excluding hydrogens is 396 g/mol. The van der Waals surface area contributed by atoms with Gasteiger partial charge in [0.1, 0.15) is 11.4 Å². The minimum absolute atomic E-state index is 0.373. The number of likely N-dealkylation sites (tertiary alicyclic amines) is 1. The minimum Gasteiger partial charge on any atom is -0.486 e. The third-order valence-electron chi connectivity index (χ3n) is 6.15. The highest BCUT2D eigenvalue weighted by Crippen LogP contribution is 2.41. The predicted molar refractivity (Wildman–Crippen MR) is 126 cm³/mol. The molecule has 0 aromatic heterocycles. The van der Waals surface area contributed by atoms with Crippen molar-refractivity contribution in [2.24, 2.45) is 4.99 Å². The van der Waals surface area contributed by atoms with Crippen LogP contribution in [0, 0.1) is 22.8 Å². The van der Waals surface area contributed by atoms with Gasteiger partial charge in [0, 0.05) is 43.6 Å². The Bertz CT molecular complexity index is 1200. The zero-order valence-electron chi connectivity index (χ0n) is 17.9. The minimum atomic E-state index is -0.373. The van der Waals surface area contributed by atoms with Gasteiger partial charge in [-0.3, -0.25) is 0 Å². The van der Waals surface area contributed by atoms with Crippen molar-refractivity contribution in [2.75, 3.05) is 13.1 Å². The molecule has 0 radical (unpaired) electrons. The molecule has 2 aliphatic heterocycles. The fourth-order valence-electron chi connectivity index (χ4n) is 4.50. The van der Waals surface area contributed by atoms with Crippen LogP contribution in [-0.2, 0) is 0 Å². The fraction of sp³-hybridized carbons (Fsp3) is 0.222. The molecular formula is C27H24N4O. The second-order valence-electron chi connectivity index (χ2n) is 8.04. The van der Waals surface area contributed by atoms with E-state index in [-0.39, 0.29) is 5.60 Å². The Labute approximate surface area is 188 Å². The molecule has 0 atom stereocenters. The van der Waals surface area contributed by atoms with Gasteiger partial charge in [-0.2, -0.15) is 15.5 Å². The van der Waals surface area contributed by atoms with E-state index < -0.39 is 0 Å². The number of ether oxygens (including phenoxy) is 1. The highest BCUT2D eigenvalue weighted by Gasteiger charge is 2.42. The van der Waals surface area contributed by atoms with E-state index in [4.69, 9.17) is 4.74 Å². The number of allylic oxidation sites excluding steroid dienone is 3. The average Bonchev–Trinajstić information content (AvgIpc) is 2.83. The van der Waals surface area contributed by atoms with E-state index in [1.54, 1.807) is 12.1 Å². The zero-order valence-corrected chi connectivity index (χ0v) is 17.9. The van der Waals surface area contributed by atoms with Crippen LogP contribution in [0.4, 0.5) is 0 Å². The summed E-state index contributed by atoms with van der Waals surface area (Å²) >= 11 is 0. The molecule has 1 fully saturated rings. The van der Waals surface area contributed by atoms with Gasteiger partial charge in [-0.15, -0.1) is 0 Å². The van der Waals surface area contributed by atoms with Gasteiger partial charge in [0.05, 0.1) is 17.3 Å². The third kappa shape index (κ3) is 4.06. The number of nitrogens with zero attached hydrogens (tertiary/aromatic N) is 4. The lowest BCUT2D eigenvalue weighted by Gasteiger charge is -2.45. The van der Waals surface area contributed by atoms with Crippen molar-refractivity contribution in [3.8, 4) is 29.1 Å². The molecule has 1 saturated heterocycles. The quantitative estimate of drug-likeness (QED) is 0.492. The molecule has 4 rings (SSSR count). The van der Waals surface area contributed by atoms with E-state index in [2.05, 4.69) is 29.1 Å². The summed E-state index contributed by atoms with van der Waals surface area (Å²) in [6, 6.07) is 15.6. The molecule has 0 N–H and O–H groups in total. The van der Waals surface area contributed by atoms with E-state index in [1.807, 2.05) is 54.7 Å². The van der Waals surface area contributed by atoms with Crippen LogP contribution in [0.3, 0.4) is 0 Å². The molecule has 1 spiro atoms. The number of benzene rings is 2. The average molecular weight is 421 g/mol. The van der Waals surface area contributed by atoms with E-state index in [1.165, 1.54) is 0 Å². The van der Waals surface area contributed by atoms with Crippen molar-refractivity contribution in [3.63, 3.8) is 0 Å². The van der Waals surface area contributed by atoms with Crippen molar-refractivity contribution >= 4 is 5.71 Å². The second-order valence-corrected chi connectivity index (χ2v) is 8.04. The Morgan fingerprint density at radius 2 is 1.88 bits per heavy atom. The highest BCUT2D eigenvalue weighted by molar-refractivity contribution is 6.05. The molecule has 5 heteroatoms. The molecule has 2 heterocycles. The molecule has 0 amide bonds. The number of nitriles is 2. The maximum Gasteiger partial charge on any atom is 0.205 e. The van der Waals surface area contributed by atoms with Crippen molar-refractivity contribution in [3.05, 3.63) is 90.7 Å². The molecule has 0 saturated carbocycles. The first-order valence-corrected chi connectivity index (χ1v) is 10.6. The van der Waals surface area contributed by atoms with Crippen LogP contribution in [-0.4, -0.2) is 29.3 Å². The molecule has 2 aromatic carbocycles. The molecule has 0 bridgehead atoms. The lowest BCUT2D eigenvalue weighted by molar-refractivity contribution is 0.0126. The first kappa shape index (κ1) is 21.2. The van der Waals surface area contributed by atoms with Crippen LogP contribution in [0.5, 0.6) is 5.75 Å². The Hall–Kier alpha value is -4.09. The largest absolute Gasteiger partial charge is 0.486 e. The van der Waals surface area contributed by atoms with Crippen molar-refractivity contribution < 1.29 is 4.74 Å². The molecule has 158 valence electrons. The normalized spacial score (nSPS) is 18.2. The predicted octanol–water partition coefficient (Wildman–Crippen LogP) is 5.37. The number of aliphatic imine (C=N–C) groups is 1. The van der Waals surface area contributed by atoms with Crippen molar-refractivity contribution in [1.82, 2.24) is 4.90 Å². The van der Waals surface area contributed by atoms with Gasteiger partial charge >= 0.3 is 0 Å². The van der Waals surface area contributed by atoms with Crippen molar-refractivity contribution in [2.45, 2.75) is 24.9 Å². The number of hydrogen-bond donors (Lipinski definition) is 0. The SMILES string of the molecule is C=C/C=C(\C=C)N1CCC2(CC1)CC(=NC#N)c1cc(-c3cccc(C#N)c3)ccc1O2. The molecule has 0 unspecified atom stereocenters. The lowest BCUT2D eigenvalue weighted by atomic mass is 9.81. The first-order valence-electron chi connectivity index (χ1n) is 10.6. The Morgan fingerprint density at radius 3 is 2.56 bits per heavy atom. The van der Waals surface area contributed by atoms with Gasteiger partial charge in [-0.05, 0) is 47.5 Å². The smallest absolute Gasteiger partial charge is 0.205 e. The topological polar surface area (TPSA) is 72.4 Å². The summed E-state index contributed by atoms with van der Waals surface area (Å²) < 4.78 is 6.56. The first-order chi connectivity index (χ1) is 15.6. The van der Waals surface area contributed by atoms with Gasteiger partial charge in [0.15, 0.2) is 0 Å². The molecule has 0 aliphatic carbocycles. The molecule has 5 nitrogen and oxygen atoms in total. The zero-order chi connectivity index (χ0) is 22.6. The van der Waals surface area contributed by atoms with E-state index >= 15 is 0 Å². The summed E-state index contributed by atoms with van der Waals surface area (Å²) in [4.78, 5) is 6.46. The van der Waals surface area contributed by atoms with Gasteiger partial charge in [-0.1, -0.05) is 37.4 Å². The Balaban J connectivity index is 1.64. The number of rotatable bonds is 4. The Morgan fingerprint density at radius 1 is 1.09 bits per heavy atom. The second kappa shape index (κ2) is 8.96. The maximum atomic E-state index is 9.34. The summed E-state index contributed by atoms with van der Waals surface area (Å²) in [6.45, 7) is 9.36. The van der Waals surface area contributed by atoms with Crippen LogP contribution in [0.15, 0.2) is 84.5 Å². The van der Waals surface area contributed by atoms with E-state index in [0.29, 0.717) is 12.0 Å². The van der Waals surface area contributed by atoms with Gasteiger partial charge in [0.2, 0.25) is 6.19 Å². The van der Waals surface area contributed by atoms with Crippen LogP contribution in [0.1, 0.15) is 30.4 Å². The molecule has 2 aromatic rings. The highest BCUT2D eigenvalue weighted by atomic mass is 16.5. The number of hydrogen-bond acceptors (Lipinski definition) is 5. The lowest BCUT2D eigenvalue weighted by Crippen LogP contribution is -2.50. The van der Waals surface area contributed by atoms with Gasteiger partial charge in [-0.25, -0.2) is 0 Å². The van der Waals surface area contributed by atoms with E-state index in [9.17, 15) is 10.5 Å². The maximum absolute atomic E-state index is 9.34. The summed E-state index contributed by atoms with van der Waals surface area (Å²) in [5.74, 6) is 0.754. The summed E-state index contributed by atoms with van der Waals surface area (Å²) in [6.07, 6.45) is 9.81. The van der Waals surface area contributed by atoms with Gasteiger partial charge < -0.3 is 9.64 Å². The number of piperidine rings is 1. The van der Waals surface area contributed by atoms with E-state index in [0.717, 1.165) is 59.8 Å². The third-order valence-corrected chi connectivity index (χ3v) is 6.15. The van der Waals surface area contributed by atoms with Gasteiger partial charge in [0.25, 0.3) is 0 Å². The van der Waals surface area contributed by atoms with Crippen LogP contribution in [0.25, 0.3) is 11.1 Å². The standard InChI is InChI=1S/C27H24N4O/c1-3-6-23(4-2)31-13-11-27(12-14-31)17-25(30-19-29)24-16-22(9-10-26(24)32-27)21-8-5-7-20(15-21)18-28/h3-10,15-16H,1-2,11-14,17H2/b23-6+,30-25?. The number of fused-ring (bicyclic) bond motifs is 1. The summed E-state index contributed by atoms with van der Waals surface area (Å²) in [5, 5.41) is 18.6. The van der Waals surface area contributed by atoms with Crippen LogP contribution < -0.4 is 4.74 Å². The fourth-order valence-corrected chi connectivity index (χ4v) is 4.50. The Kier molecular flexibility index (Phi) is 5.92. The van der Waals surface area contributed by atoms with Crippen LogP contribution in [0.2, 0.25) is 0 Å². The molecule has 32 heavy (non-hydrogen) atoms. The van der Waals surface area contributed by atoms with Crippen LogP contribution >= 0.6 is 0 Å². The molecule has 2 aliphatic rings. The summed E-state index contributed by atoms with van der Waals surface area (Å²) in [7, 11) is 0. The van der Waals surface area contributed by atoms with Crippen molar-refractivity contribution in [1.29, 1.82) is 10.5 Å². The summed E-state index contributed by atoms with van der Waals surface area (Å²) in [5.41, 5.74) is 4.80. The monoisotopic (exact) mass is 420 g/mol.